The molecule has 4 aromatic carbocycles. The third-order valence-electron chi connectivity index (χ3n) is 8.70. The van der Waals surface area contributed by atoms with Crippen LogP contribution in [0.3, 0.4) is 0 Å². The molecule has 1 fully saturated rings. The Hall–Kier alpha value is -4.14. The second-order valence-corrected chi connectivity index (χ2v) is 14.6. The predicted octanol–water partition coefficient (Wildman–Crippen LogP) is 7.24. The van der Waals surface area contributed by atoms with Crippen LogP contribution in [0, 0.1) is 13.8 Å². The average Bonchev–Trinajstić information content (AvgIpc) is 3.07. The van der Waals surface area contributed by atoms with Crippen molar-refractivity contribution in [2.45, 2.75) is 75.9 Å². The SMILES string of the molecule is Cc1ccc(N(CC(=O)N(Cc2cccc(Cl)c2)C(Cc2ccccc2)C(=O)NC2CCCCC2)S(=O)(=O)c2ccccc2)c(C)c1. The van der Waals surface area contributed by atoms with E-state index in [2.05, 4.69) is 5.32 Å². The minimum absolute atomic E-state index is 0.0304. The number of benzene rings is 4. The number of sulfonamides is 1. The lowest BCUT2D eigenvalue weighted by Crippen LogP contribution is -2.55. The molecular formula is C38H42ClN3O4S. The molecule has 5 rings (SSSR count). The molecule has 0 heterocycles. The van der Waals surface area contributed by atoms with Gasteiger partial charge >= 0.3 is 0 Å². The van der Waals surface area contributed by atoms with Crippen LogP contribution >= 0.6 is 11.6 Å². The summed E-state index contributed by atoms with van der Waals surface area (Å²) < 4.78 is 29.7. The largest absolute Gasteiger partial charge is 0.352 e. The van der Waals surface area contributed by atoms with E-state index >= 15 is 0 Å². The number of hydrogen-bond donors (Lipinski definition) is 1. The molecule has 0 saturated heterocycles. The van der Waals surface area contributed by atoms with E-state index in [1.807, 2.05) is 62.4 Å². The van der Waals surface area contributed by atoms with Crippen LogP contribution in [-0.4, -0.2) is 43.8 Å². The van der Waals surface area contributed by atoms with E-state index in [-0.39, 0.29) is 29.8 Å². The van der Waals surface area contributed by atoms with Crippen LogP contribution in [-0.2, 0) is 32.6 Å². The Labute approximate surface area is 283 Å². The van der Waals surface area contributed by atoms with Crippen LogP contribution < -0.4 is 9.62 Å². The maximum atomic E-state index is 14.7. The van der Waals surface area contributed by atoms with Crippen molar-refractivity contribution in [3.8, 4) is 0 Å². The molecule has 0 spiro atoms. The minimum atomic E-state index is -4.16. The zero-order valence-electron chi connectivity index (χ0n) is 26.9. The zero-order valence-corrected chi connectivity index (χ0v) is 28.5. The van der Waals surface area contributed by atoms with Crippen LogP contribution in [0.1, 0.15) is 54.4 Å². The van der Waals surface area contributed by atoms with E-state index in [1.165, 1.54) is 21.3 Å². The molecule has 0 aromatic heterocycles. The average molecular weight is 672 g/mol. The van der Waals surface area contributed by atoms with E-state index in [0.29, 0.717) is 10.7 Å². The van der Waals surface area contributed by atoms with Crippen LogP contribution in [0.2, 0.25) is 5.02 Å². The Morgan fingerprint density at radius 3 is 2.15 bits per heavy atom. The predicted molar refractivity (Wildman–Crippen MR) is 188 cm³/mol. The van der Waals surface area contributed by atoms with Gasteiger partial charge in [0.1, 0.15) is 12.6 Å². The first-order valence-corrected chi connectivity index (χ1v) is 18.0. The van der Waals surface area contributed by atoms with E-state index in [4.69, 9.17) is 11.6 Å². The highest BCUT2D eigenvalue weighted by Gasteiger charge is 2.35. The van der Waals surface area contributed by atoms with Gasteiger partial charge in [-0.05, 0) is 73.7 Å². The summed E-state index contributed by atoms with van der Waals surface area (Å²) in [4.78, 5) is 30.5. The summed E-state index contributed by atoms with van der Waals surface area (Å²) in [5, 5.41) is 3.74. The number of anilines is 1. The van der Waals surface area contributed by atoms with Crippen LogP contribution in [0.5, 0.6) is 0 Å². The van der Waals surface area contributed by atoms with Gasteiger partial charge in [-0.2, -0.15) is 0 Å². The molecule has 246 valence electrons. The highest BCUT2D eigenvalue weighted by Crippen LogP contribution is 2.29. The number of aryl methyl sites for hydroxylation is 2. The van der Waals surface area contributed by atoms with Crippen molar-refractivity contribution in [3.63, 3.8) is 0 Å². The monoisotopic (exact) mass is 671 g/mol. The number of hydrogen-bond acceptors (Lipinski definition) is 4. The number of carbonyl (C=O) groups is 2. The van der Waals surface area contributed by atoms with E-state index in [9.17, 15) is 18.0 Å². The molecule has 9 heteroatoms. The first kappa shape index (κ1) is 34.2. The molecule has 1 atom stereocenters. The lowest BCUT2D eigenvalue weighted by atomic mass is 9.94. The Morgan fingerprint density at radius 2 is 1.49 bits per heavy atom. The molecule has 1 N–H and O–H groups in total. The van der Waals surface area contributed by atoms with Gasteiger partial charge in [0.15, 0.2) is 0 Å². The van der Waals surface area contributed by atoms with Crippen molar-refractivity contribution >= 4 is 39.1 Å². The molecule has 0 radical (unpaired) electrons. The minimum Gasteiger partial charge on any atom is -0.352 e. The Morgan fingerprint density at radius 1 is 0.830 bits per heavy atom. The molecule has 0 bridgehead atoms. The fourth-order valence-electron chi connectivity index (χ4n) is 6.25. The molecular weight excluding hydrogens is 630 g/mol. The van der Waals surface area contributed by atoms with Gasteiger partial charge < -0.3 is 10.2 Å². The smallest absolute Gasteiger partial charge is 0.264 e. The second-order valence-electron chi connectivity index (χ2n) is 12.3. The summed E-state index contributed by atoms with van der Waals surface area (Å²) in [7, 11) is -4.16. The Kier molecular flexibility index (Phi) is 11.4. The first-order chi connectivity index (χ1) is 22.6. The number of halogens is 1. The zero-order chi connectivity index (χ0) is 33.4. The maximum absolute atomic E-state index is 14.7. The molecule has 0 aliphatic heterocycles. The van der Waals surface area contributed by atoms with Crippen molar-refractivity contribution in [1.29, 1.82) is 0 Å². The van der Waals surface area contributed by atoms with Crippen molar-refractivity contribution in [1.82, 2.24) is 10.2 Å². The molecule has 2 amide bonds. The number of rotatable bonds is 12. The lowest BCUT2D eigenvalue weighted by molar-refractivity contribution is -0.140. The molecule has 47 heavy (non-hydrogen) atoms. The van der Waals surface area contributed by atoms with Crippen LogP contribution in [0.4, 0.5) is 5.69 Å². The fraction of sp³-hybridized carbons (Fsp3) is 0.316. The molecule has 1 aliphatic carbocycles. The molecule has 4 aromatic rings. The number of nitrogens with zero attached hydrogens (tertiary/aromatic N) is 2. The van der Waals surface area contributed by atoms with Gasteiger partial charge in [0, 0.05) is 24.0 Å². The Bertz CT molecular complexity index is 1780. The van der Waals surface area contributed by atoms with Gasteiger partial charge in [-0.15, -0.1) is 0 Å². The summed E-state index contributed by atoms with van der Waals surface area (Å²) in [6.07, 6.45) is 5.27. The summed E-state index contributed by atoms with van der Waals surface area (Å²) in [6, 6.07) is 29.5. The summed E-state index contributed by atoms with van der Waals surface area (Å²) in [6.45, 7) is 3.34. The van der Waals surface area contributed by atoms with Gasteiger partial charge in [-0.1, -0.05) is 109 Å². The summed E-state index contributed by atoms with van der Waals surface area (Å²) >= 11 is 6.36. The third kappa shape index (κ3) is 8.82. The topological polar surface area (TPSA) is 86.8 Å². The van der Waals surface area contributed by atoms with E-state index < -0.39 is 28.5 Å². The van der Waals surface area contributed by atoms with Crippen molar-refractivity contribution in [2.24, 2.45) is 0 Å². The summed E-state index contributed by atoms with van der Waals surface area (Å²) in [5.41, 5.74) is 3.72. The Balaban J connectivity index is 1.58. The lowest BCUT2D eigenvalue weighted by Gasteiger charge is -2.35. The van der Waals surface area contributed by atoms with Crippen LogP contribution in [0.15, 0.2) is 108 Å². The molecule has 1 unspecified atom stereocenters. The highest BCUT2D eigenvalue weighted by molar-refractivity contribution is 7.92. The van der Waals surface area contributed by atoms with Gasteiger partial charge in [0.2, 0.25) is 11.8 Å². The van der Waals surface area contributed by atoms with Gasteiger partial charge in [0.25, 0.3) is 10.0 Å². The fourth-order valence-corrected chi connectivity index (χ4v) is 7.96. The normalized spacial score (nSPS) is 14.3. The van der Waals surface area contributed by atoms with Gasteiger partial charge in [-0.25, -0.2) is 8.42 Å². The van der Waals surface area contributed by atoms with Gasteiger partial charge in [0.05, 0.1) is 10.6 Å². The quantitative estimate of drug-likeness (QED) is 0.172. The standard InChI is InChI=1S/C38H42ClN3O4S/c1-28-21-22-35(29(2)23-28)42(47(45,46)34-19-10-5-11-20-34)27-37(43)41(26-31-15-12-16-32(39)24-31)36(25-30-13-6-3-7-14-30)38(44)40-33-17-8-4-9-18-33/h3,5-7,10-16,19-24,33,36H,4,8-9,17-18,25-27H2,1-2H3,(H,40,44). The number of amides is 2. The number of nitrogens with one attached hydrogen (secondary N) is 1. The van der Waals surface area contributed by atoms with E-state index in [1.54, 1.807) is 42.5 Å². The molecule has 1 aliphatic rings. The van der Waals surface area contributed by atoms with Crippen molar-refractivity contribution < 1.29 is 18.0 Å². The van der Waals surface area contributed by atoms with Gasteiger partial charge in [-0.3, -0.25) is 13.9 Å². The number of carbonyl (C=O) groups excluding carboxylic acids is 2. The second kappa shape index (κ2) is 15.6. The van der Waals surface area contributed by atoms with E-state index in [0.717, 1.165) is 54.4 Å². The first-order valence-electron chi connectivity index (χ1n) is 16.1. The summed E-state index contributed by atoms with van der Waals surface area (Å²) in [5.74, 6) is -0.746. The molecule has 7 nitrogen and oxygen atoms in total. The van der Waals surface area contributed by atoms with Crippen LogP contribution in [0.25, 0.3) is 0 Å². The van der Waals surface area contributed by atoms with Crippen molar-refractivity contribution in [2.75, 3.05) is 10.8 Å². The van der Waals surface area contributed by atoms with Crippen molar-refractivity contribution in [3.05, 3.63) is 130 Å². The molecule has 1 saturated carbocycles. The highest BCUT2D eigenvalue weighted by atomic mass is 35.5. The maximum Gasteiger partial charge on any atom is 0.264 e. The third-order valence-corrected chi connectivity index (χ3v) is 10.7.